The zero-order valence-corrected chi connectivity index (χ0v) is 12.4. The van der Waals surface area contributed by atoms with E-state index in [0.29, 0.717) is 0 Å². The quantitative estimate of drug-likeness (QED) is 0.715. The van der Waals surface area contributed by atoms with Crippen molar-refractivity contribution in [1.29, 1.82) is 0 Å². The third-order valence-corrected chi connectivity index (χ3v) is 4.86. The predicted octanol–water partition coefficient (Wildman–Crippen LogP) is 1.66. The summed E-state index contributed by atoms with van der Waals surface area (Å²) in [5.74, 6) is 0. The van der Waals surface area contributed by atoms with Crippen LogP contribution in [0.25, 0.3) is 0 Å². The molecule has 0 bridgehead atoms. The fraction of sp³-hybridized carbons (Fsp3) is 1.00. The number of aliphatic hydroxyl groups excluding tert-OH is 1. The molecule has 1 saturated carbocycles. The monoisotopic (exact) mass is 271 g/mol. The van der Waals surface area contributed by atoms with E-state index in [1.807, 2.05) is 13.8 Å². The first kappa shape index (κ1) is 15.2. The fourth-order valence-corrected chi connectivity index (χ4v) is 3.54. The Balaban J connectivity index is 1.72. The van der Waals surface area contributed by atoms with Gasteiger partial charge in [-0.15, -0.1) is 0 Å². The maximum absolute atomic E-state index is 10.1. The Kier molecular flexibility index (Phi) is 5.63. The van der Waals surface area contributed by atoms with Crippen LogP contribution in [0.1, 0.15) is 39.5 Å². The summed E-state index contributed by atoms with van der Waals surface area (Å²) in [7, 11) is 0. The normalized spacial score (nSPS) is 30.5. The van der Waals surface area contributed by atoms with E-state index in [2.05, 4.69) is 4.90 Å². The number of aliphatic hydroxyl groups is 1. The minimum Gasteiger partial charge on any atom is -0.392 e. The lowest BCUT2D eigenvalue weighted by molar-refractivity contribution is -0.209. The number of hydrogen-bond donors (Lipinski definition) is 1. The summed E-state index contributed by atoms with van der Waals surface area (Å²) in [6.45, 7) is 9.81. The maximum Gasteiger partial charge on any atom is 0.0681 e. The van der Waals surface area contributed by atoms with Gasteiger partial charge in [-0.2, -0.15) is 0 Å². The summed E-state index contributed by atoms with van der Waals surface area (Å²) in [4.78, 5) is 2.50. The van der Waals surface area contributed by atoms with Crippen molar-refractivity contribution in [2.24, 2.45) is 5.41 Å². The van der Waals surface area contributed by atoms with Crippen molar-refractivity contribution in [2.45, 2.75) is 51.7 Å². The molecule has 1 aliphatic carbocycles. The van der Waals surface area contributed by atoms with Crippen LogP contribution in [0, 0.1) is 5.41 Å². The second-order valence-electron chi connectivity index (χ2n) is 5.82. The Morgan fingerprint density at radius 2 is 1.95 bits per heavy atom. The minimum atomic E-state index is -0.144. The first-order valence-corrected chi connectivity index (χ1v) is 7.82. The Morgan fingerprint density at radius 1 is 1.21 bits per heavy atom. The standard InChI is InChI=1S/C15H29NO3/c1-3-18-11-5-8-16-9-6-15(7-10-16)13(17)12-14(15)19-4-2/h13-14,17H,3-12H2,1-2H3. The molecular weight excluding hydrogens is 242 g/mol. The third-order valence-electron chi connectivity index (χ3n) is 4.86. The molecule has 2 unspecified atom stereocenters. The largest absolute Gasteiger partial charge is 0.392 e. The highest BCUT2D eigenvalue weighted by Gasteiger charge is 2.55. The van der Waals surface area contributed by atoms with Gasteiger partial charge in [-0.1, -0.05) is 0 Å². The van der Waals surface area contributed by atoms with Gasteiger partial charge in [-0.05, 0) is 46.2 Å². The molecule has 1 N–H and O–H groups in total. The highest BCUT2D eigenvalue weighted by atomic mass is 16.5. The number of nitrogens with zero attached hydrogens (tertiary/aromatic N) is 1. The van der Waals surface area contributed by atoms with Crippen LogP contribution >= 0.6 is 0 Å². The summed E-state index contributed by atoms with van der Waals surface area (Å²) < 4.78 is 11.2. The van der Waals surface area contributed by atoms with E-state index < -0.39 is 0 Å². The summed E-state index contributed by atoms with van der Waals surface area (Å²) in [6.07, 6.45) is 4.24. The van der Waals surface area contributed by atoms with Gasteiger partial charge in [-0.3, -0.25) is 0 Å². The van der Waals surface area contributed by atoms with Crippen molar-refractivity contribution >= 4 is 0 Å². The smallest absolute Gasteiger partial charge is 0.0681 e. The number of piperidine rings is 1. The SMILES string of the molecule is CCOCCCN1CCC2(CC1)C(O)CC2OCC. The van der Waals surface area contributed by atoms with Crippen molar-refractivity contribution < 1.29 is 14.6 Å². The topological polar surface area (TPSA) is 41.9 Å². The van der Waals surface area contributed by atoms with Crippen molar-refractivity contribution in [3.8, 4) is 0 Å². The van der Waals surface area contributed by atoms with Crippen molar-refractivity contribution in [1.82, 2.24) is 4.90 Å². The Hall–Kier alpha value is -0.160. The molecule has 4 nitrogen and oxygen atoms in total. The zero-order valence-electron chi connectivity index (χ0n) is 12.4. The summed E-state index contributed by atoms with van der Waals surface area (Å²) >= 11 is 0. The molecule has 19 heavy (non-hydrogen) atoms. The zero-order chi connectivity index (χ0) is 13.7. The lowest BCUT2D eigenvalue weighted by Gasteiger charge is -2.56. The van der Waals surface area contributed by atoms with Gasteiger partial charge < -0.3 is 19.5 Å². The molecule has 1 saturated heterocycles. The second-order valence-corrected chi connectivity index (χ2v) is 5.82. The number of rotatable bonds is 7. The van der Waals surface area contributed by atoms with Crippen LogP contribution in [0.4, 0.5) is 0 Å². The molecule has 0 aromatic carbocycles. The fourth-order valence-electron chi connectivity index (χ4n) is 3.54. The van der Waals surface area contributed by atoms with Gasteiger partial charge in [0.15, 0.2) is 0 Å². The van der Waals surface area contributed by atoms with Crippen LogP contribution in [0.2, 0.25) is 0 Å². The molecule has 2 aliphatic rings. The lowest BCUT2D eigenvalue weighted by atomic mass is 9.58. The van der Waals surface area contributed by atoms with E-state index in [1.54, 1.807) is 0 Å². The molecule has 1 aliphatic heterocycles. The second kappa shape index (κ2) is 7.02. The molecule has 1 spiro atoms. The van der Waals surface area contributed by atoms with Crippen molar-refractivity contribution in [2.75, 3.05) is 39.5 Å². The predicted molar refractivity (Wildman–Crippen MR) is 75.3 cm³/mol. The molecule has 2 fully saturated rings. The highest BCUT2D eigenvalue weighted by Crippen LogP contribution is 2.50. The summed E-state index contributed by atoms with van der Waals surface area (Å²) in [6, 6.07) is 0. The van der Waals surface area contributed by atoms with Crippen LogP contribution < -0.4 is 0 Å². The van der Waals surface area contributed by atoms with Gasteiger partial charge in [0, 0.05) is 38.2 Å². The number of likely N-dealkylation sites (tertiary alicyclic amines) is 1. The first-order valence-electron chi connectivity index (χ1n) is 7.82. The Bertz CT molecular complexity index is 262. The van der Waals surface area contributed by atoms with E-state index in [1.165, 1.54) is 0 Å². The molecule has 112 valence electrons. The van der Waals surface area contributed by atoms with Crippen LogP contribution in [-0.2, 0) is 9.47 Å². The Morgan fingerprint density at radius 3 is 2.53 bits per heavy atom. The molecular formula is C15H29NO3. The van der Waals surface area contributed by atoms with Gasteiger partial charge >= 0.3 is 0 Å². The molecule has 4 heteroatoms. The van der Waals surface area contributed by atoms with Gasteiger partial charge in [0.2, 0.25) is 0 Å². The molecule has 1 heterocycles. The van der Waals surface area contributed by atoms with E-state index in [4.69, 9.17) is 9.47 Å². The summed E-state index contributed by atoms with van der Waals surface area (Å²) in [5, 5.41) is 10.1. The molecule has 0 amide bonds. The van der Waals surface area contributed by atoms with Crippen LogP contribution in [0.3, 0.4) is 0 Å². The van der Waals surface area contributed by atoms with Crippen molar-refractivity contribution in [3.63, 3.8) is 0 Å². The van der Waals surface area contributed by atoms with Gasteiger partial charge in [0.05, 0.1) is 12.2 Å². The highest BCUT2D eigenvalue weighted by molar-refractivity contribution is 5.06. The van der Waals surface area contributed by atoms with Crippen molar-refractivity contribution in [3.05, 3.63) is 0 Å². The maximum atomic E-state index is 10.1. The lowest BCUT2D eigenvalue weighted by Crippen LogP contribution is -2.62. The van der Waals surface area contributed by atoms with Crippen LogP contribution in [0.5, 0.6) is 0 Å². The van der Waals surface area contributed by atoms with Crippen LogP contribution in [0.15, 0.2) is 0 Å². The average Bonchev–Trinajstić information content (AvgIpc) is 2.44. The molecule has 2 rings (SSSR count). The van der Waals surface area contributed by atoms with E-state index >= 15 is 0 Å². The Labute approximate surface area is 117 Å². The third kappa shape index (κ3) is 3.30. The summed E-state index contributed by atoms with van der Waals surface area (Å²) in [5.41, 5.74) is 0.0619. The van der Waals surface area contributed by atoms with E-state index in [-0.39, 0.29) is 17.6 Å². The number of hydrogen-bond acceptors (Lipinski definition) is 4. The van der Waals surface area contributed by atoms with E-state index in [0.717, 1.165) is 65.1 Å². The average molecular weight is 271 g/mol. The van der Waals surface area contributed by atoms with Crippen LogP contribution in [-0.4, -0.2) is 61.7 Å². The van der Waals surface area contributed by atoms with Gasteiger partial charge in [0.25, 0.3) is 0 Å². The van der Waals surface area contributed by atoms with Gasteiger partial charge in [-0.25, -0.2) is 0 Å². The molecule has 0 aromatic rings. The van der Waals surface area contributed by atoms with Gasteiger partial charge in [0.1, 0.15) is 0 Å². The minimum absolute atomic E-state index is 0.0619. The van der Waals surface area contributed by atoms with E-state index in [9.17, 15) is 5.11 Å². The molecule has 0 radical (unpaired) electrons. The molecule has 0 aromatic heterocycles. The number of ether oxygens (including phenoxy) is 2. The molecule has 2 atom stereocenters. The first-order chi connectivity index (χ1) is 9.23.